The predicted molar refractivity (Wildman–Crippen MR) is 72.5 cm³/mol. The lowest BCUT2D eigenvalue weighted by molar-refractivity contribution is -0.133. The molecular weight excluding hydrogens is 290 g/mol. The number of sulfonamides is 1. The Kier molecular flexibility index (Phi) is 3.91. The van der Waals surface area contributed by atoms with Crippen LogP contribution in [0.3, 0.4) is 0 Å². The predicted octanol–water partition coefficient (Wildman–Crippen LogP) is 1.02. The van der Waals surface area contributed by atoms with Crippen molar-refractivity contribution in [2.24, 2.45) is 0 Å². The first-order chi connectivity index (χ1) is 8.88. The minimum atomic E-state index is -3.36. The van der Waals surface area contributed by atoms with Crippen LogP contribution < -0.4 is 9.04 Å². The number of carbonyl (C=O) groups is 1. The normalized spacial score (nSPS) is 14.7. The molecule has 0 spiro atoms. The molecule has 1 aromatic rings. The highest BCUT2D eigenvalue weighted by atomic mass is 32.2. The number of ether oxygens (including phenoxy) is 1. The van der Waals surface area contributed by atoms with E-state index >= 15 is 0 Å². The second kappa shape index (κ2) is 5.30. The number of rotatable bonds is 4. The third-order valence-electron chi connectivity index (χ3n) is 2.51. The molecule has 0 saturated heterocycles. The molecule has 2 rings (SSSR count). The Balaban J connectivity index is 2.33. The molecule has 8 heteroatoms. The summed E-state index contributed by atoms with van der Waals surface area (Å²) in [6.07, 6.45) is 1.14. The first kappa shape index (κ1) is 14.0. The van der Waals surface area contributed by atoms with E-state index in [9.17, 15) is 13.2 Å². The standard InChI is InChI=1S/C11H13NO5S2/c1-19(15,16)12-4-5-17-10-3-2-8(6-9(10)12)18-7-11(13)14/h2-3,6H,4-5,7H2,1H3,(H,13,14). The molecule has 6 nitrogen and oxygen atoms in total. The molecule has 0 radical (unpaired) electrons. The molecule has 0 atom stereocenters. The zero-order chi connectivity index (χ0) is 14.0. The van der Waals surface area contributed by atoms with Crippen LogP contribution in [0.1, 0.15) is 0 Å². The van der Waals surface area contributed by atoms with Crippen molar-refractivity contribution in [1.29, 1.82) is 0 Å². The van der Waals surface area contributed by atoms with Crippen LogP contribution in [0, 0.1) is 0 Å². The molecule has 1 aromatic carbocycles. The van der Waals surface area contributed by atoms with E-state index < -0.39 is 16.0 Å². The van der Waals surface area contributed by atoms with Crippen LogP contribution in [0.15, 0.2) is 23.1 Å². The van der Waals surface area contributed by atoms with Crippen LogP contribution in [0.2, 0.25) is 0 Å². The van der Waals surface area contributed by atoms with Gasteiger partial charge >= 0.3 is 5.97 Å². The van der Waals surface area contributed by atoms with Crippen molar-refractivity contribution >= 4 is 33.4 Å². The number of carboxylic acids is 1. The van der Waals surface area contributed by atoms with Gasteiger partial charge in [-0.1, -0.05) is 0 Å². The maximum absolute atomic E-state index is 11.7. The summed E-state index contributed by atoms with van der Waals surface area (Å²) in [6.45, 7) is 0.570. The smallest absolute Gasteiger partial charge is 0.313 e. The summed E-state index contributed by atoms with van der Waals surface area (Å²) in [5, 5.41) is 8.64. The van der Waals surface area contributed by atoms with Gasteiger partial charge in [0, 0.05) is 4.90 Å². The quantitative estimate of drug-likeness (QED) is 0.836. The molecular formula is C11H13NO5S2. The fourth-order valence-electron chi connectivity index (χ4n) is 1.75. The molecule has 0 fully saturated rings. The number of anilines is 1. The number of hydrogen-bond donors (Lipinski definition) is 1. The molecule has 0 amide bonds. The van der Waals surface area contributed by atoms with E-state index in [4.69, 9.17) is 9.84 Å². The van der Waals surface area contributed by atoms with Gasteiger partial charge in [0.05, 0.1) is 24.2 Å². The van der Waals surface area contributed by atoms with Gasteiger partial charge in [0.2, 0.25) is 10.0 Å². The summed E-state index contributed by atoms with van der Waals surface area (Å²) in [5.41, 5.74) is 0.462. The van der Waals surface area contributed by atoms with Gasteiger partial charge in [-0.2, -0.15) is 0 Å². The fourth-order valence-corrected chi connectivity index (χ4v) is 3.31. The molecule has 0 bridgehead atoms. The van der Waals surface area contributed by atoms with Crippen LogP contribution in [0.4, 0.5) is 5.69 Å². The summed E-state index contributed by atoms with van der Waals surface area (Å²) in [7, 11) is -3.36. The summed E-state index contributed by atoms with van der Waals surface area (Å²) in [6, 6.07) is 5.03. The molecule has 1 N–H and O–H groups in total. The molecule has 104 valence electrons. The molecule has 0 aliphatic carbocycles. The number of nitrogens with zero attached hydrogens (tertiary/aromatic N) is 1. The highest BCUT2D eigenvalue weighted by molar-refractivity contribution is 8.00. The molecule has 0 unspecified atom stereocenters. The first-order valence-corrected chi connectivity index (χ1v) is 8.30. The number of hydrogen-bond acceptors (Lipinski definition) is 5. The highest BCUT2D eigenvalue weighted by Crippen LogP contribution is 2.36. The monoisotopic (exact) mass is 303 g/mol. The van der Waals surface area contributed by atoms with Gasteiger partial charge in [0.15, 0.2) is 0 Å². The Hall–Kier alpha value is -1.41. The van der Waals surface area contributed by atoms with Crippen molar-refractivity contribution in [3.8, 4) is 5.75 Å². The number of thioether (sulfide) groups is 1. The molecule has 1 aliphatic rings. The van der Waals surface area contributed by atoms with E-state index in [1.54, 1.807) is 18.2 Å². The summed E-state index contributed by atoms with van der Waals surface area (Å²) < 4.78 is 30.1. The maximum atomic E-state index is 11.7. The lowest BCUT2D eigenvalue weighted by Gasteiger charge is -2.29. The summed E-state index contributed by atoms with van der Waals surface area (Å²) in [5.74, 6) is -0.492. The lowest BCUT2D eigenvalue weighted by atomic mass is 10.2. The topological polar surface area (TPSA) is 83.9 Å². The average Bonchev–Trinajstić information content (AvgIpc) is 2.34. The minimum absolute atomic E-state index is 0.0709. The zero-order valence-electron chi connectivity index (χ0n) is 10.2. The second-order valence-electron chi connectivity index (χ2n) is 4.00. The Morgan fingerprint density at radius 2 is 2.26 bits per heavy atom. The van der Waals surface area contributed by atoms with E-state index in [-0.39, 0.29) is 12.3 Å². The van der Waals surface area contributed by atoms with E-state index in [1.165, 1.54) is 4.31 Å². The molecule has 1 heterocycles. The van der Waals surface area contributed by atoms with Crippen LogP contribution in [-0.2, 0) is 14.8 Å². The van der Waals surface area contributed by atoms with Crippen molar-refractivity contribution in [2.75, 3.05) is 29.5 Å². The van der Waals surface area contributed by atoms with E-state index in [0.29, 0.717) is 22.9 Å². The van der Waals surface area contributed by atoms with Gasteiger partial charge in [-0.05, 0) is 18.2 Å². The van der Waals surface area contributed by atoms with Gasteiger partial charge in [-0.15, -0.1) is 11.8 Å². The van der Waals surface area contributed by atoms with E-state index in [2.05, 4.69) is 0 Å². The summed E-state index contributed by atoms with van der Waals surface area (Å²) >= 11 is 1.14. The van der Waals surface area contributed by atoms with Crippen LogP contribution >= 0.6 is 11.8 Å². The molecule has 0 saturated carbocycles. The van der Waals surface area contributed by atoms with Gasteiger partial charge in [-0.3, -0.25) is 9.10 Å². The highest BCUT2D eigenvalue weighted by Gasteiger charge is 2.25. The lowest BCUT2D eigenvalue weighted by Crippen LogP contribution is -2.37. The van der Waals surface area contributed by atoms with E-state index in [1.807, 2.05) is 0 Å². The Labute approximate surface area is 115 Å². The first-order valence-electron chi connectivity index (χ1n) is 5.47. The van der Waals surface area contributed by atoms with Gasteiger partial charge < -0.3 is 9.84 Å². The fraction of sp³-hybridized carbons (Fsp3) is 0.364. The van der Waals surface area contributed by atoms with Crippen molar-refractivity contribution in [2.45, 2.75) is 4.90 Å². The van der Waals surface area contributed by atoms with Crippen molar-refractivity contribution in [3.63, 3.8) is 0 Å². The third-order valence-corrected chi connectivity index (χ3v) is 4.67. The van der Waals surface area contributed by atoms with Crippen LogP contribution in [0.25, 0.3) is 0 Å². The third kappa shape index (κ3) is 3.32. The number of carboxylic acid groups (broad SMARTS) is 1. The summed E-state index contributed by atoms with van der Waals surface area (Å²) in [4.78, 5) is 11.2. The maximum Gasteiger partial charge on any atom is 0.313 e. The SMILES string of the molecule is CS(=O)(=O)N1CCOc2ccc(SCC(=O)O)cc21. The Morgan fingerprint density at radius 3 is 2.89 bits per heavy atom. The average molecular weight is 303 g/mol. The molecule has 19 heavy (non-hydrogen) atoms. The van der Waals surface area contributed by atoms with Crippen LogP contribution in [-0.4, -0.2) is 44.7 Å². The van der Waals surface area contributed by atoms with Crippen molar-refractivity contribution in [1.82, 2.24) is 0 Å². The van der Waals surface area contributed by atoms with Gasteiger partial charge in [0.25, 0.3) is 0 Å². The Morgan fingerprint density at radius 1 is 1.53 bits per heavy atom. The van der Waals surface area contributed by atoms with Gasteiger partial charge in [0.1, 0.15) is 12.4 Å². The minimum Gasteiger partial charge on any atom is -0.489 e. The van der Waals surface area contributed by atoms with Gasteiger partial charge in [-0.25, -0.2) is 8.42 Å². The van der Waals surface area contributed by atoms with E-state index in [0.717, 1.165) is 18.0 Å². The molecule has 0 aromatic heterocycles. The van der Waals surface area contributed by atoms with Crippen LogP contribution in [0.5, 0.6) is 5.75 Å². The number of aliphatic carboxylic acids is 1. The second-order valence-corrected chi connectivity index (χ2v) is 6.95. The zero-order valence-corrected chi connectivity index (χ0v) is 11.8. The van der Waals surface area contributed by atoms with Crippen molar-refractivity contribution < 1.29 is 23.1 Å². The van der Waals surface area contributed by atoms with Crippen molar-refractivity contribution in [3.05, 3.63) is 18.2 Å². The molecule has 1 aliphatic heterocycles. The number of benzene rings is 1. The number of fused-ring (bicyclic) bond motifs is 1. The largest absolute Gasteiger partial charge is 0.489 e. The Bertz CT molecular complexity index is 599.